The quantitative estimate of drug-likeness (QED) is 0.517. The molecule has 9 heteroatoms. The fraction of sp³-hybridized carbons (Fsp3) is 0.240. The number of nitrogens with zero attached hydrogens (tertiary/aromatic N) is 2. The molecule has 1 aliphatic rings. The molecule has 0 unspecified atom stereocenters. The van der Waals surface area contributed by atoms with Crippen LogP contribution in [0.5, 0.6) is 0 Å². The van der Waals surface area contributed by atoms with E-state index in [0.29, 0.717) is 23.4 Å². The molecule has 0 aliphatic carbocycles. The second kappa shape index (κ2) is 9.94. The van der Waals surface area contributed by atoms with Gasteiger partial charge in [-0.2, -0.15) is 0 Å². The molecule has 6 nitrogen and oxygen atoms in total. The lowest BCUT2D eigenvalue weighted by molar-refractivity contribution is -0.120. The molecule has 0 atom stereocenters. The minimum atomic E-state index is -1.52. The van der Waals surface area contributed by atoms with E-state index in [1.54, 1.807) is 24.3 Å². The highest BCUT2D eigenvalue weighted by Gasteiger charge is 2.25. The maximum atomic E-state index is 13.6. The van der Waals surface area contributed by atoms with Crippen molar-refractivity contribution in [2.45, 2.75) is 19.3 Å². The number of hydrogen-bond acceptors (Lipinski definition) is 4. The maximum Gasteiger partial charge on any atom is 0.259 e. The molecule has 0 radical (unpaired) electrons. The first kappa shape index (κ1) is 23.3. The van der Waals surface area contributed by atoms with Crippen LogP contribution < -0.4 is 15.5 Å². The fourth-order valence-corrected chi connectivity index (χ4v) is 4.01. The van der Waals surface area contributed by atoms with Gasteiger partial charge in [-0.25, -0.2) is 18.2 Å². The zero-order valence-corrected chi connectivity index (χ0v) is 18.5. The van der Waals surface area contributed by atoms with Crippen molar-refractivity contribution in [3.63, 3.8) is 0 Å². The Labute approximate surface area is 194 Å². The number of fused-ring (bicyclic) bond motifs is 1. The lowest BCUT2D eigenvalue weighted by atomic mass is 10.0. The van der Waals surface area contributed by atoms with E-state index >= 15 is 0 Å². The average molecular weight is 468 g/mol. The summed E-state index contributed by atoms with van der Waals surface area (Å²) in [6.07, 6.45) is 2.36. The van der Waals surface area contributed by atoms with Gasteiger partial charge in [-0.15, -0.1) is 0 Å². The zero-order valence-electron chi connectivity index (χ0n) is 18.5. The van der Waals surface area contributed by atoms with E-state index in [1.807, 2.05) is 6.07 Å². The van der Waals surface area contributed by atoms with E-state index in [2.05, 4.69) is 15.6 Å². The van der Waals surface area contributed by atoms with Crippen LogP contribution in [0.3, 0.4) is 0 Å². The van der Waals surface area contributed by atoms with Gasteiger partial charge >= 0.3 is 0 Å². The molecule has 0 saturated heterocycles. The fourth-order valence-electron chi connectivity index (χ4n) is 4.01. The van der Waals surface area contributed by atoms with Crippen molar-refractivity contribution < 1.29 is 22.8 Å². The normalized spacial score (nSPS) is 12.1. The van der Waals surface area contributed by atoms with E-state index < -0.39 is 17.5 Å². The molecular formula is C25H23F3N4O2. The Hall–Kier alpha value is -3.88. The van der Waals surface area contributed by atoms with Gasteiger partial charge < -0.3 is 10.6 Å². The number of carbonyl (C=O) groups is 2. The Morgan fingerprint density at radius 1 is 1.09 bits per heavy atom. The molecule has 1 aliphatic heterocycles. The summed E-state index contributed by atoms with van der Waals surface area (Å²) in [6.45, 7) is 0.822. The summed E-state index contributed by atoms with van der Waals surface area (Å²) in [4.78, 5) is 31.3. The van der Waals surface area contributed by atoms with Crippen LogP contribution in [0.25, 0.3) is 0 Å². The van der Waals surface area contributed by atoms with Gasteiger partial charge in [0.25, 0.3) is 5.91 Å². The number of amides is 2. The molecule has 2 amide bonds. The standard InChI is InChI=1S/C25H23F3N4O2/c1-29-23(33)7-10-32(25(34)18-3-2-4-21-17(18)6-9-30-21)22-14-15(5-8-31-22)11-16-12-19(26)24(28)20(27)13-16/h2-5,8,12-14,30H,6-7,9-11H2,1H3,(H,29,33). The van der Waals surface area contributed by atoms with Gasteiger partial charge in [-0.1, -0.05) is 6.07 Å². The van der Waals surface area contributed by atoms with Crippen LogP contribution in [0.15, 0.2) is 48.7 Å². The summed E-state index contributed by atoms with van der Waals surface area (Å²) < 4.78 is 40.6. The molecule has 0 saturated carbocycles. The van der Waals surface area contributed by atoms with Crippen LogP contribution in [0.2, 0.25) is 0 Å². The highest BCUT2D eigenvalue weighted by atomic mass is 19.2. The number of pyridine rings is 1. The van der Waals surface area contributed by atoms with Crippen LogP contribution in [0.4, 0.5) is 24.7 Å². The summed E-state index contributed by atoms with van der Waals surface area (Å²) in [6, 6.07) is 10.6. The first-order chi connectivity index (χ1) is 16.4. The number of hydrogen-bond donors (Lipinski definition) is 2. The lowest BCUT2D eigenvalue weighted by Crippen LogP contribution is -2.35. The molecular weight excluding hydrogens is 445 g/mol. The number of halogens is 3. The van der Waals surface area contributed by atoms with E-state index in [1.165, 1.54) is 18.1 Å². The monoisotopic (exact) mass is 468 g/mol. The highest BCUT2D eigenvalue weighted by molar-refractivity contribution is 6.08. The summed E-state index contributed by atoms with van der Waals surface area (Å²) in [5.74, 6) is -4.27. The molecule has 2 N–H and O–H groups in total. The predicted octanol–water partition coefficient (Wildman–Crippen LogP) is 3.84. The van der Waals surface area contributed by atoms with Crippen molar-refractivity contribution in [1.82, 2.24) is 10.3 Å². The van der Waals surface area contributed by atoms with Gasteiger partial charge in [0.1, 0.15) is 5.82 Å². The Balaban J connectivity index is 1.66. The zero-order chi connectivity index (χ0) is 24.2. The number of rotatable bonds is 7. The van der Waals surface area contributed by atoms with Crippen molar-refractivity contribution in [3.8, 4) is 0 Å². The number of benzene rings is 2. The summed E-state index contributed by atoms with van der Waals surface area (Å²) in [5.41, 5.74) is 3.19. The third kappa shape index (κ3) is 4.88. The molecule has 2 heterocycles. The second-order valence-electron chi connectivity index (χ2n) is 7.96. The molecule has 0 bridgehead atoms. The van der Waals surface area contributed by atoms with Gasteiger partial charge in [0.05, 0.1) is 0 Å². The number of carbonyl (C=O) groups excluding carboxylic acids is 2. The average Bonchev–Trinajstić information content (AvgIpc) is 3.31. The Kier molecular flexibility index (Phi) is 6.81. The lowest BCUT2D eigenvalue weighted by Gasteiger charge is -2.23. The van der Waals surface area contributed by atoms with Gasteiger partial charge in [-0.3, -0.25) is 14.5 Å². The van der Waals surface area contributed by atoms with Crippen LogP contribution in [0, 0.1) is 17.5 Å². The van der Waals surface area contributed by atoms with E-state index in [4.69, 9.17) is 0 Å². The van der Waals surface area contributed by atoms with Crippen LogP contribution >= 0.6 is 0 Å². The van der Waals surface area contributed by atoms with Gasteiger partial charge in [-0.05, 0) is 65.9 Å². The van der Waals surface area contributed by atoms with Crippen molar-refractivity contribution in [2.75, 3.05) is 30.4 Å². The Morgan fingerprint density at radius 2 is 1.85 bits per heavy atom. The first-order valence-corrected chi connectivity index (χ1v) is 10.8. The van der Waals surface area contributed by atoms with E-state index in [0.717, 1.165) is 29.9 Å². The minimum absolute atomic E-state index is 0.0653. The smallest absolute Gasteiger partial charge is 0.259 e. The molecule has 3 aromatic rings. The third-order valence-electron chi connectivity index (χ3n) is 5.72. The Morgan fingerprint density at radius 3 is 2.59 bits per heavy atom. The van der Waals surface area contributed by atoms with Crippen molar-refractivity contribution in [2.24, 2.45) is 0 Å². The van der Waals surface area contributed by atoms with Crippen LogP contribution in [-0.4, -0.2) is 36.9 Å². The number of aromatic nitrogens is 1. The first-order valence-electron chi connectivity index (χ1n) is 10.8. The van der Waals surface area contributed by atoms with Crippen molar-refractivity contribution >= 4 is 23.3 Å². The molecule has 2 aromatic carbocycles. The number of nitrogens with one attached hydrogen (secondary N) is 2. The largest absolute Gasteiger partial charge is 0.384 e. The van der Waals surface area contributed by atoms with E-state index in [-0.39, 0.29) is 36.8 Å². The SMILES string of the molecule is CNC(=O)CCN(C(=O)c1cccc2c1CCN2)c1cc(Cc2cc(F)c(F)c(F)c2)ccn1. The van der Waals surface area contributed by atoms with Crippen LogP contribution in [0.1, 0.15) is 33.5 Å². The minimum Gasteiger partial charge on any atom is -0.384 e. The van der Waals surface area contributed by atoms with Gasteiger partial charge in [0.2, 0.25) is 5.91 Å². The highest BCUT2D eigenvalue weighted by Crippen LogP contribution is 2.28. The van der Waals surface area contributed by atoms with Gasteiger partial charge in [0.15, 0.2) is 17.5 Å². The second-order valence-corrected chi connectivity index (χ2v) is 7.96. The van der Waals surface area contributed by atoms with Gasteiger partial charge in [0, 0.05) is 44.0 Å². The number of anilines is 2. The van der Waals surface area contributed by atoms with Crippen molar-refractivity contribution in [3.05, 3.63) is 88.4 Å². The molecule has 0 spiro atoms. The summed E-state index contributed by atoms with van der Waals surface area (Å²) >= 11 is 0. The molecule has 34 heavy (non-hydrogen) atoms. The van der Waals surface area contributed by atoms with E-state index in [9.17, 15) is 22.8 Å². The van der Waals surface area contributed by atoms with Crippen LogP contribution in [-0.2, 0) is 17.6 Å². The molecule has 176 valence electrons. The molecule has 0 fully saturated rings. The summed E-state index contributed by atoms with van der Waals surface area (Å²) in [7, 11) is 1.52. The molecule has 4 rings (SSSR count). The predicted molar refractivity (Wildman–Crippen MR) is 122 cm³/mol. The maximum absolute atomic E-state index is 13.6. The third-order valence-corrected chi connectivity index (χ3v) is 5.72. The Bertz CT molecular complexity index is 1230. The topological polar surface area (TPSA) is 74.3 Å². The van der Waals surface area contributed by atoms with Crippen molar-refractivity contribution in [1.29, 1.82) is 0 Å². The summed E-state index contributed by atoms with van der Waals surface area (Å²) in [5, 5.41) is 5.79. The molecule has 1 aromatic heterocycles.